The zero-order chi connectivity index (χ0) is 16.8. The molecular formula is C17H28Cl2N4O2. The molecule has 0 bridgehead atoms. The minimum atomic E-state index is -0.478. The first-order valence-electron chi connectivity index (χ1n) is 8.16. The Bertz CT molecular complexity index is 554. The van der Waals surface area contributed by atoms with E-state index in [1.54, 1.807) is 0 Å². The summed E-state index contributed by atoms with van der Waals surface area (Å²) < 4.78 is 0. The van der Waals surface area contributed by atoms with Crippen LogP contribution in [0.1, 0.15) is 31.7 Å². The highest BCUT2D eigenvalue weighted by molar-refractivity contribution is 5.94. The molecule has 1 saturated heterocycles. The van der Waals surface area contributed by atoms with Gasteiger partial charge in [0.1, 0.15) is 0 Å². The van der Waals surface area contributed by atoms with Gasteiger partial charge in [0, 0.05) is 18.8 Å². The Labute approximate surface area is 161 Å². The average molecular weight is 391 g/mol. The van der Waals surface area contributed by atoms with Crippen molar-refractivity contribution in [3.63, 3.8) is 0 Å². The van der Waals surface area contributed by atoms with Crippen molar-refractivity contribution >= 4 is 42.3 Å². The molecule has 6 nitrogen and oxygen atoms in total. The van der Waals surface area contributed by atoms with Crippen LogP contribution in [0, 0.1) is 5.92 Å². The molecule has 1 aliphatic heterocycles. The number of nitrogens with zero attached hydrogens (tertiary/aromatic N) is 1. The number of carbonyl (C=O) groups excluding carboxylic acids is 2. The van der Waals surface area contributed by atoms with Gasteiger partial charge in [-0.25, -0.2) is 0 Å². The number of likely N-dealkylation sites (tertiary alicyclic amines) is 1. The lowest BCUT2D eigenvalue weighted by molar-refractivity contribution is -0.123. The zero-order valence-corrected chi connectivity index (χ0v) is 16.1. The van der Waals surface area contributed by atoms with Crippen molar-refractivity contribution in [2.75, 3.05) is 18.4 Å². The smallest absolute Gasteiger partial charge is 0.241 e. The van der Waals surface area contributed by atoms with Gasteiger partial charge in [-0.2, -0.15) is 0 Å². The van der Waals surface area contributed by atoms with E-state index in [9.17, 15) is 9.59 Å². The summed E-state index contributed by atoms with van der Waals surface area (Å²) in [6.07, 6.45) is 2.49. The maximum atomic E-state index is 11.8. The third kappa shape index (κ3) is 7.20. The molecule has 1 aromatic carbocycles. The average Bonchev–Trinajstić information content (AvgIpc) is 2.56. The van der Waals surface area contributed by atoms with Gasteiger partial charge < -0.3 is 16.8 Å². The Morgan fingerprint density at radius 1 is 1.28 bits per heavy atom. The highest BCUT2D eigenvalue weighted by Crippen LogP contribution is 2.19. The second-order valence-corrected chi connectivity index (χ2v) is 6.18. The first-order chi connectivity index (χ1) is 11.0. The predicted octanol–water partition coefficient (Wildman–Crippen LogP) is 1.90. The van der Waals surface area contributed by atoms with E-state index in [0.717, 1.165) is 43.7 Å². The lowest BCUT2D eigenvalue weighted by atomic mass is 9.97. The van der Waals surface area contributed by atoms with Crippen LogP contribution in [0.2, 0.25) is 0 Å². The fourth-order valence-corrected chi connectivity index (χ4v) is 2.80. The number of hydrogen-bond acceptors (Lipinski definition) is 4. The van der Waals surface area contributed by atoms with Crippen LogP contribution in [0.15, 0.2) is 24.3 Å². The van der Waals surface area contributed by atoms with Crippen LogP contribution in [0.3, 0.4) is 0 Å². The number of nitrogens with two attached hydrogens (primary N) is 2. The maximum Gasteiger partial charge on any atom is 0.241 e. The molecule has 1 aromatic rings. The van der Waals surface area contributed by atoms with Crippen LogP contribution in [0.5, 0.6) is 0 Å². The number of benzene rings is 1. The minimum Gasteiger partial charge on any atom is -0.369 e. The van der Waals surface area contributed by atoms with E-state index in [4.69, 9.17) is 11.5 Å². The van der Waals surface area contributed by atoms with Crippen LogP contribution in [-0.4, -0.2) is 35.8 Å². The summed E-state index contributed by atoms with van der Waals surface area (Å²) in [6.45, 7) is 4.37. The van der Waals surface area contributed by atoms with E-state index in [1.807, 2.05) is 31.2 Å². The first-order valence-corrected chi connectivity index (χ1v) is 8.16. The Morgan fingerprint density at radius 2 is 1.92 bits per heavy atom. The molecule has 0 aliphatic carbocycles. The van der Waals surface area contributed by atoms with E-state index >= 15 is 0 Å². The normalized spacial score (nSPS) is 18.4. The van der Waals surface area contributed by atoms with Crippen LogP contribution >= 0.6 is 24.8 Å². The number of nitrogens with one attached hydrogen (secondary N) is 1. The topological polar surface area (TPSA) is 101 Å². The second-order valence-electron chi connectivity index (χ2n) is 6.18. The molecule has 0 saturated carbocycles. The lowest BCUT2D eigenvalue weighted by Crippen LogP contribution is -2.40. The molecule has 2 atom stereocenters. The van der Waals surface area contributed by atoms with Crippen LogP contribution in [0.25, 0.3) is 0 Å². The Hall–Kier alpha value is -1.34. The lowest BCUT2D eigenvalue weighted by Gasteiger charge is -2.31. The molecule has 142 valence electrons. The standard InChI is InChI=1S/C17H26N4O2.2ClH/c1-2-15(18)17(23)20-14-7-5-12(6-8-14)10-21-9-3-4-13(11-21)16(19)22;;/h5-8,13,15H,2-4,9-11,18H2,1H3,(H2,19,22)(H,20,23);2*1H/t13?,15-;;/m0../s1. The van der Waals surface area contributed by atoms with Crippen molar-refractivity contribution in [3.05, 3.63) is 29.8 Å². The highest BCUT2D eigenvalue weighted by Gasteiger charge is 2.23. The third-order valence-corrected chi connectivity index (χ3v) is 4.31. The van der Waals surface area contributed by atoms with Crippen molar-refractivity contribution < 1.29 is 9.59 Å². The van der Waals surface area contributed by atoms with Gasteiger partial charge in [0.05, 0.1) is 12.0 Å². The molecule has 25 heavy (non-hydrogen) atoms. The van der Waals surface area contributed by atoms with E-state index in [2.05, 4.69) is 10.2 Å². The van der Waals surface area contributed by atoms with Crippen molar-refractivity contribution in [2.45, 2.75) is 38.8 Å². The van der Waals surface area contributed by atoms with E-state index < -0.39 is 6.04 Å². The van der Waals surface area contributed by atoms with Crippen LogP contribution in [0.4, 0.5) is 5.69 Å². The van der Waals surface area contributed by atoms with E-state index in [-0.39, 0.29) is 42.5 Å². The van der Waals surface area contributed by atoms with E-state index in [1.165, 1.54) is 0 Å². The van der Waals surface area contributed by atoms with Gasteiger partial charge in [-0.1, -0.05) is 19.1 Å². The van der Waals surface area contributed by atoms with Crippen molar-refractivity contribution in [3.8, 4) is 0 Å². The molecule has 0 aromatic heterocycles. The Kier molecular flexibility index (Phi) is 10.7. The highest BCUT2D eigenvalue weighted by atomic mass is 35.5. The fourth-order valence-electron chi connectivity index (χ4n) is 2.80. The third-order valence-electron chi connectivity index (χ3n) is 4.31. The summed E-state index contributed by atoms with van der Waals surface area (Å²) in [6, 6.07) is 7.26. The summed E-state index contributed by atoms with van der Waals surface area (Å²) in [5.74, 6) is -0.418. The quantitative estimate of drug-likeness (QED) is 0.689. The molecule has 2 rings (SSSR count). The molecule has 1 heterocycles. The largest absolute Gasteiger partial charge is 0.369 e. The number of halogens is 2. The number of primary amides is 1. The fraction of sp³-hybridized carbons (Fsp3) is 0.529. The molecular weight excluding hydrogens is 363 g/mol. The SMILES string of the molecule is CC[C@H](N)C(=O)Nc1ccc(CN2CCCC(C(N)=O)C2)cc1.Cl.Cl. The van der Waals surface area contributed by atoms with Crippen LogP contribution < -0.4 is 16.8 Å². The van der Waals surface area contributed by atoms with Crippen LogP contribution in [-0.2, 0) is 16.1 Å². The molecule has 2 amide bonds. The molecule has 0 radical (unpaired) electrons. The zero-order valence-electron chi connectivity index (χ0n) is 14.4. The van der Waals surface area contributed by atoms with Gasteiger partial charge in [0.25, 0.3) is 0 Å². The number of hydrogen-bond donors (Lipinski definition) is 3. The number of anilines is 1. The van der Waals surface area contributed by atoms with Crippen molar-refractivity contribution in [1.29, 1.82) is 0 Å². The number of piperidine rings is 1. The number of carbonyl (C=O) groups is 2. The maximum absolute atomic E-state index is 11.8. The molecule has 8 heteroatoms. The molecule has 1 aliphatic rings. The Balaban J connectivity index is 0.00000288. The second kappa shape index (κ2) is 11.3. The predicted molar refractivity (Wildman–Crippen MR) is 105 cm³/mol. The van der Waals surface area contributed by atoms with Gasteiger partial charge in [0.2, 0.25) is 11.8 Å². The molecule has 1 unspecified atom stereocenters. The van der Waals surface area contributed by atoms with Gasteiger partial charge >= 0.3 is 0 Å². The monoisotopic (exact) mass is 390 g/mol. The molecule has 5 N–H and O–H groups in total. The van der Waals surface area contributed by atoms with Gasteiger partial charge in [0.15, 0.2) is 0 Å². The Morgan fingerprint density at radius 3 is 2.48 bits per heavy atom. The first kappa shape index (κ1) is 23.7. The van der Waals surface area contributed by atoms with Crippen molar-refractivity contribution in [1.82, 2.24) is 4.90 Å². The summed E-state index contributed by atoms with van der Waals surface area (Å²) in [4.78, 5) is 25.3. The summed E-state index contributed by atoms with van der Waals surface area (Å²) in [5.41, 5.74) is 13.0. The van der Waals surface area contributed by atoms with Gasteiger partial charge in [-0.05, 0) is 43.5 Å². The summed E-state index contributed by atoms with van der Waals surface area (Å²) >= 11 is 0. The minimum absolute atomic E-state index is 0. The number of rotatable bonds is 6. The van der Waals surface area contributed by atoms with Gasteiger partial charge in [-0.3, -0.25) is 14.5 Å². The molecule has 0 spiro atoms. The molecule has 1 fully saturated rings. The number of amides is 2. The van der Waals surface area contributed by atoms with Crippen molar-refractivity contribution in [2.24, 2.45) is 17.4 Å². The van der Waals surface area contributed by atoms with Gasteiger partial charge in [-0.15, -0.1) is 24.8 Å². The summed E-state index contributed by atoms with van der Waals surface area (Å²) in [7, 11) is 0. The van der Waals surface area contributed by atoms with E-state index in [0.29, 0.717) is 6.42 Å². The summed E-state index contributed by atoms with van der Waals surface area (Å²) in [5, 5.41) is 2.81.